The van der Waals surface area contributed by atoms with Gasteiger partial charge in [-0.3, -0.25) is 0 Å². The van der Waals surface area contributed by atoms with E-state index in [0.717, 1.165) is 11.3 Å². The van der Waals surface area contributed by atoms with E-state index in [2.05, 4.69) is 26.0 Å². The van der Waals surface area contributed by atoms with Crippen molar-refractivity contribution in [3.8, 4) is 17.2 Å². The second kappa shape index (κ2) is 8.24. The van der Waals surface area contributed by atoms with Gasteiger partial charge >= 0.3 is 8.25 Å². The van der Waals surface area contributed by atoms with Crippen LogP contribution < -0.4 is 13.8 Å². The van der Waals surface area contributed by atoms with Crippen LogP contribution in [0.5, 0.6) is 17.2 Å². The molecule has 3 rings (SSSR count). The zero-order valence-corrected chi connectivity index (χ0v) is 16.5. The number of methoxy groups -OCH3 is 1. The van der Waals surface area contributed by atoms with E-state index in [0.29, 0.717) is 11.5 Å². The van der Waals surface area contributed by atoms with Crippen molar-refractivity contribution < 1.29 is 18.3 Å². The third kappa shape index (κ3) is 4.66. The largest absolute Gasteiger partial charge is 0.805 e. The van der Waals surface area contributed by atoms with Gasteiger partial charge in [0.25, 0.3) is 0 Å². The zero-order valence-electron chi connectivity index (χ0n) is 15.6. The zero-order chi connectivity index (χ0) is 19.3. The molecule has 5 heteroatoms. The van der Waals surface area contributed by atoms with E-state index in [4.69, 9.17) is 13.8 Å². The number of ether oxygens (including phenoxy) is 1. The summed E-state index contributed by atoms with van der Waals surface area (Å²) in [5, 5.41) is 0. The monoisotopic (exact) mass is 381 g/mol. The average molecular weight is 381 g/mol. The fraction of sp³-hybridized carbons (Fsp3) is 0.182. The standard InChI is InChI=1S/C22H22O4P/c1-22(2,17-9-13-19(24-3)14-10-17)18-11-15-21(16-12-18)26-27(23)25-20-7-5-4-6-8-20/h4-16H,1-3H3/q+1. The minimum Gasteiger partial charge on any atom is -0.497 e. The molecule has 4 nitrogen and oxygen atoms in total. The minimum absolute atomic E-state index is 0.187. The van der Waals surface area contributed by atoms with Gasteiger partial charge in [-0.15, -0.1) is 0 Å². The van der Waals surface area contributed by atoms with Crippen molar-refractivity contribution in [2.75, 3.05) is 7.11 Å². The molecule has 0 N–H and O–H groups in total. The van der Waals surface area contributed by atoms with Crippen molar-refractivity contribution >= 4 is 8.25 Å². The lowest BCUT2D eigenvalue weighted by molar-refractivity contribution is 0.414. The SMILES string of the molecule is COc1ccc(C(C)(C)c2ccc(O[P+](=O)Oc3ccccc3)cc2)cc1. The highest BCUT2D eigenvalue weighted by molar-refractivity contribution is 7.34. The van der Waals surface area contributed by atoms with Gasteiger partial charge in [0.15, 0.2) is 11.5 Å². The first-order valence-corrected chi connectivity index (χ1v) is 9.72. The molecule has 138 valence electrons. The topological polar surface area (TPSA) is 44.8 Å². The molecule has 0 aliphatic carbocycles. The molecular formula is C22H22O4P+. The maximum Gasteiger partial charge on any atom is 0.805 e. The van der Waals surface area contributed by atoms with E-state index in [9.17, 15) is 4.57 Å². The van der Waals surface area contributed by atoms with Gasteiger partial charge in [0.2, 0.25) is 0 Å². The lowest BCUT2D eigenvalue weighted by Gasteiger charge is -2.26. The van der Waals surface area contributed by atoms with Crippen LogP contribution in [0.15, 0.2) is 78.9 Å². The molecule has 0 aliphatic heterocycles. The fourth-order valence-corrected chi connectivity index (χ4v) is 3.40. The van der Waals surface area contributed by atoms with Crippen LogP contribution in [0.4, 0.5) is 0 Å². The van der Waals surface area contributed by atoms with Crippen LogP contribution >= 0.6 is 8.25 Å². The summed E-state index contributed by atoms with van der Waals surface area (Å²) >= 11 is 0. The maximum atomic E-state index is 12.0. The average Bonchev–Trinajstić information content (AvgIpc) is 2.69. The van der Waals surface area contributed by atoms with Crippen LogP contribution in [0.25, 0.3) is 0 Å². The van der Waals surface area contributed by atoms with Gasteiger partial charge in [-0.05, 0) is 47.5 Å². The highest BCUT2D eigenvalue weighted by atomic mass is 31.1. The van der Waals surface area contributed by atoms with Crippen molar-refractivity contribution in [3.63, 3.8) is 0 Å². The van der Waals surface area contributed by atoms with Crippen LogP contribution in [0.2, 0.25) is 0 Å². The van der Waals surface area contributed by atoms with Crippen molar-refractivity contribution in [2.24, 2.45) is 0 Å². The summed E-state index contributed by atoms with van der Waals surface area (Å²) in [6.45, 7) is 4.31. The molecule has 0 saturated heterocycles. The fourth-order valence-electron chi connectivity index (χ4n) is 2.78. The van der Waals surface area contributed by atoms with Crippen LogP contribution in [-0.2, 0) is 9.98 Å². The van der Waals surface area contributed by atoms with Crippen LogP contribution in [0.1, 0.15) is 25.0 Å². The lowest BCUT2D eigenvalue weighted by atomic mass is 9.78. The summed E-state index contributed by atoms with van der Waals surface area (Å²) in [4.78, 5) is 0. The number of hydrogen-bond acceptors (Lipinski definition) is 4. The molecule has 0 amide bonds. The molecule has 0 bridgehead atoms. The van der Waals surface area contributed by atoms with Gasteiger partial charge in [-0.2, -0.15) is 0 Å². The number of rotatable bonds is 7. The van der Waals surface area contributed by atoms with E-state index >= 15 is 0 Å². The molecule has 1 unspecified atom stereocenters. The predicted molar refractivity (Wildman–Crippen MR) is 107 cm³/mol. The molecule has 0 aliphatic rings. The van der Waals surface area contributed by atoms with Crippen LogP contribution in [0, 0.1) is 0 Å². The Hall–Kier alpha value is -2.84. The Labute approximate surface area is 160 Å². The first kappa shape index (κ1) is 18.9. The Morgan fingerprint density at radius 2 is 1.11 bits per heavy atom. The maximum absolute atomic E-state index is 12.0. The van der Waals surface area contributed by atoms with Gasteiger partial charge < -0.3 is 4.74 Å². The van der Waals surface area contributed by atoms with Gasteiger partial charge in [0.05, 0.1) is 7.11 Å². The smallest absolute Gasteiger partial charge is 0.497 e. The summed E-state index contributed by atoms with van der Waals surface area (Å²) in [6.07, 6.45) is 0. The lowest BCUT2D eigenvalue weighted by Crippen LogP contribution is -2.18. The first-order chi connectivity index (χ1) is 13.0. The quantitative estimate of drug-likeness (QED) is 0.461. The Morgan fingerprint density at radius 1 is 0.667 bits per heavy atom. The van der Waals surface area contributed by atoms with E-state index in [1.54, 1.807) is 19.2 Å². The minimum atomic E-state index is -2.28. The molecule has 0 fully saturated rings. The van der Waals surface area contributed by atoms with E-state index in [-0.39, 0.29) is 5.41 Å². The third-order valence-electron chi connectivity index (χ3n) is 4.49. The molecule has 0 aromatic heterocycles. The summed E-state index contributed by atoms with van der Waals surface area (Å²) in [5.74, 6) is 1.85. The van der Waals surface area contributed by atoms with E-state index in [1.165, 1.54) is 5.56 Å². The first-order valence-electron chi connectivity index (χ1n) is 8.62. The Bertz CT molecular complexity index is 888. The predicted octanol–water partition coefficient (Wildman–Crippen LogP) is 6.14. The highest BCUT2D eigenvalue weighted by Gasteiger charge is 2.26. The highest BCUT2D eigenvalue weighted by Crippen LogP contribution is 2.35. The number of hydrogen-bond donors (Lipinski definition) is 0. The number of para-hydroxylation sites is 1. The van der Waals surface area contributed by atoms with Gasteiger partial charge in [-0.1, -0.05) is 56.3 Å². The van der Waals surface area contributed by atoms with E-state index < -0.39 is 8.25 Å². The normalized spacial score (nSPS) is 11.6. The van der Waals surface area contributed by atoms with Gasteiger partial charge in [-0.25, -0.2) is 9.05 Å². The summed E-state index contributed by atoms with van der Waals surface area (Å²) in [5.41, 5.74) is 2.11. The Morgan fingerprint density at radius 3 is 1.59 bits per heavy atom. The third-order valence-corrected chi connectivity index (χ3v) is 5.21. The molecule has 3 aromatic carbocycles. The Kier molecular flexibility index (Phi) is 5.78. The van der Waals surface area contributed by atoms with Crippen LogP contribution in [-0.4, -0.2) is 7.11 Å². The molecule has 27 heavy (non-hydrogen) atoms. The molecular weight excluding hydrogens is 359 g/mol. The van der Waals surface area contributed by atoms with Crippen LogP contribution in [0.3, 0.4) is 0 Å². The summed E-state index contributed by atoms with van der Waals surface area (Å²) in [6, 6.07) is 24.6. The van der Waals surface area contributed by atoms with Crippen molar-refractivity contribution in [2.45, 2.75) is 19.3 Å². The van der Waals surface area contributed by atoms with Crippen molar-refractivity contribution in [1.82, 2.24) is 0 Å². The summed E-state index contributed by atoms with van der Waals surface area (Å²) in [7, 11) is -0.626. The molecule has 0 spiro atoms. The molecule has 1 atom stereocenters. The van der Waals surface area contributed by atoms with Gasteiger partial charge in [0.1, 0.15) is 5.75 Å². The molecule has 3 aromatic rings. The van der Waals surface area contributed by atoms with E-state index in [1.807, 2.05) is 54.6 Å². The second-order valence-corrected chi connectivity index (χ2v) is 7.41. The molecule has 0 heterocycles. The van der Waals surface area contributed by atoms with Crippen molar-refractivity contribution in [1.29, 1.82) is 0 Å². The van der Waals surface area contributed by atoms with Gasteiger partial charge in [0, 0.05) is 9.98 Å². The second-order valence-electron chi connectivity index (χ2n) is 6.60. The number of benzene rings is 3. The Balaban J connectivity index is 1.69. The molecule has 0 saturated carbocycles. The van der Waals surface area contributed by atoms with Crippen molar-refractivity contribution in [3.05, 3.63) is 90.0 Å². The molecule has 0 radical (unpaired) electrons. The summed E-state index contributed by atoms with van der Waals surface area (Å²) < 4.78 is 27.9.